The van der Waals surface area contributed by atoms with Crippen LogP contribution >= 0.6 is 0 Å². The molecule has 120 valence electrons. The molecule has 1 saturated heterocycles. The van der Waals surface area contributed by atoms with Crippen molar-refractivity contribution < 1.29 is 14.6 Å². The van der Waals surface area contributed by atoms with E-state index in [0.717, 1.165) is 13.1 Å². The number of β-amino-alcohol motifs (C(OH)–C–C–N with tert-alkyl or cyclic N) is 1. The van der Waals surface area contributed by atoms with Crippen LogP contribution < -0.4 is 0 Å². The number of hydrogen-bond acceptors (Lipinski definition) is 4. The lowest BCUT2D eigenvalue weighted by atomic mass is 9.85. The van der Waals surface area contributed by atoms with E-state index in [4.69, 9.17) is 4.74 Å². The Morgan fingerprint density at radius 2 is 1.57 bits per heavy atom. The third-order valence-corrected chi connectivity index (χ3v) is 4.22. The molecule has 1 atom stereocenters. The van der Waals surface area contributed by atoms with Crippen LogP contribution in [0.5, 0.6) is 0 Å². The van der Waals surface area contributed by atoms with Gasteiger partial charge in [0, 0.05) is 25.2 Å². The van der Waals surface area contributed by atoms with Gasteiger partial charge in [-0.15, -0.1) is 0 Å². The molecule has 3 rings (SSSR count). The van der Waals surface area contributed by atoms with Gasteiger partial charge < -0.3 is 9.84 Å². The van der Waals surface area contributed by atoms with Crippen molar-refractivity contribution in [3.05, 3.63) is 71.8 Å². The number of ether oxygens (including phenoxy) is 1. The minimum atomic E-state index is -1.56. The van der Waals surface area contributed by atoms with Crippen molar-refractivity contribution in [1.82, 2.24) is 4.90 Å². The maximum Gasteiger partial charge on any atom is 0.200 e. The van der Waals surface area contributed by atoms with Crippen LogP contribution in [0.25, 0.3) is 0 Å². The van der Waals surface area contributed by atoms with Gasteiger partial charge in [-0.05, 0) is 5.56 Å². The Morgan fingerprint density at radius 3 is 2.17 bits per heavy atom. The van der Waals surface area contributed by atoms with Crippen molar-refractivity contribution in [3.8, 4) is 0 Å². The summed E-state index contributed by atoms with van der Waals surface area (Å²) in [6.45, 7) is 2.97. The number of morpholine rings is 1. The summed E-state index contributed by atoms with van der Waals surface area (Å²) in [5.74, 6) is -0.268. The molecular formula is C19H21NO3. The van der Waals surface area contributed by atoms with Gasteiger partial charge in [-0.1, -0.05) is 60.7 Å². The molecule has 0 saturated carbocycles. The van der Waals surface area contributed by atoms with Crippen LogP contribution in [0.1, 0.15) is 15.9 Å². The first-order valence-electron chi connectivity index (χ1n) is 7.88. The Balaban J connectivity index is 1.94. The molecule has 1 unspecified atom stereocenters. The van der Waals surface area contributed by atoms with Crippen molar-refractivity contribution in [2.24, 2.45) is 0 Å². The fourth-order valence-corrected chi connectivity index (χ4v) is 2.92. The van der Waals surface area contributed by atoms with Crippen molar-refractivity contribution in [2.45, 2.75) is 5.60 Å². The first kappa shape index (κ1) is 15.9. The Labute approximate surface area is 136 Å². The van der Waals surface area contributed by atoms with E-state index in [0.29, 0.717) is 24.3 Å². The standard InChI is InChI=1S/C19H21NO3/c21-18(16-7-3-1-4-8-16)19(22,17-9-5-2-6-10-17)15-20-11-13-23-14-12-20/h1-10,22H,11-15H2. The summed E-state index contributed by atoms with van der Waals surface area (Å²) in [5, 5.41) is 11.3. The number of rotatable bonds is 5. The minimum Gasteiger partial charge on any atom is -0.379 e. The molecule has 1 fully saturated rings. The summed E-state index contributed by atoms with van der Waals surface area (Å²) in [4.78, 5) is 15.1. The van der Waals surface area contributed by atoms with Gasteiger partial charge >= 0.3 is 0 Å². The highest BCUT2D eigenvalue weighted by atomic mass is 16.5. The molecule has 2 aromatic rings. The van der Waals surface area contributed by atoms with E-state index in [1.165, 1.54) is 0 Å². The highest BCUT2D eigenvalue weighted by Gasteiger charge is 2.40. The molecule has 0 amide bonds. The number of aliphatic hydroxyl groups is 1. The molecule has 0 aromatic heterocycles. The summed E-state index contributed by atoms with van der Waals surface area (Å²) < 4.78 is 5.36. The Kier molecular flexibility index (Phi) is 4.86. The van der Waals surface area contributed by atoms with Crippen LogP contribution in [0.2, 0.25) is 0 Å². The molecule has 4 nitrogen and oxygen atoms in total. The normalized spacial score (nSPS) is 18.3. The zero-order valence-electron chi connectivity index (χ0n) is 13.0. The quantitative estimate of drug-likeness (QED) is 0.859. The van der Waals surface area contributed by atoms with Gasteiger partial charge in [0.05, 0.1) is 13.2 Å². The summed E-state index contributed by atoms with van der Waals surface area (Å²) >= 11 is 0. The van der Waals surface area contributed by atoms with Crippen LogP contribution in [-0.2, 0) is 10.3 Å². The highest BCUT2D eigenvalue weighted by Crippen LogP contribution is 2.27. The predicted octanol–water partition coefficient (Wildman–Crippen LogP) is 2.09. The Morgan fingerprint density at radius 1 is 1.00 bits per heavy atom. The van der Waals surface area contributed by atoms with E-state index >= 15 is 0 Å². The number of nitrogens with zero attached hydrogens (tertiary/aromatic N) is 1. The smallest absolute Gasteiger partial charge is 0.200 e. The zero-order valence-corrected chi connectivity index (χ0v) is 13.0. The third kappa shape index (κ3) is 3.50. The average Bonchev–Trinajstić information content (AvgIpc) is 2.63. The summed E-state index contributed by atoms with van der Waals surface area (Å²) in [5.41, 5.74) is -0.410. The number of ketones is 1. The van der Waals surface area contributed by atoms with E-state index in [1.807, 2.05) is 36.4 Å². The van der Waals surface area contributed by atoms with Crippen molar-refractivity contribution in [1.29, 1.82) is 0 Å². The SMILES string of the molecule is O=C(c1ccccc1)C(O)(CN1CCOCC1)c1ccccc1. The van der Waals surface area contributed by atoms with E-state index in [2.05, 4.69) is 4.90 Å². The van der Waals surface area contributed by atoms with Crippen LogP contribution in [0, 0.1) is 0 Å². The zero-order chi connectivity index (χ0) is 16.1. The number of Topliss-reactive ketones (excluding diaryl/α,β-unsaturated/α-hetero) is 1. The molecule has 23 heavy (non-hydrogen) atoms. The first-order chi connectivity index (χ1) is 11.2. The fourth-order valence-electron chi connectivity index (χ4n) is 2.92. The second-order valence-electron chi connectivity index (χ2n) is 5.81. The molecule has 0 aliphatic carbocycles. The van der Waals surface area contributed by atoms with E-state index in [9.17, 15) is 9.90 Å². The molecule has 4 heteroatoms. The average molecular weight is 311 g/mol. The molecule has 1 aliphatic heterocycles. The Bertz CT molecular complexity index is 638. The molecule has 1 N–H and O–H groups in total. The van der Waals surface area contributed by atoms with Gasteiger partial charge in [-0.2, -0.15) is 0 Å². The van der Waals surface area contributed by atoms with E-state index < -0.39 is 5.60 Å². The molecule has 2 aromatic carbocycles. The van der Waals surface area contributed by atoms with E-state index in [1.54, 1.807) is 24.3 Å². The predicted molar refractivity (Wildman–Crippen MR) is 88.4 cm³/mol. The number of benzene rings is 2. The lowest BCUT2D eigenvalue weighted by molar-refractivity contribution is -0.0227. The molecule has 0 radical (unpaired) electrons. The van der Waals surface area contributed by atoms with Crippen molar-refractivity contribution in [3.63, 3.8) is 0 Å². The van der Waals surface area contributed by atoms with Gasteiger partial charge in [0.25, 0.3) is 0 Å². The topological polar surface area (TPSA) is 49.8 Å². The molecule has 1 aliphatic rings. The van der Waals surface area contributed by atoms with Gasteiger partial charge in [-0.25, -0.2) is 0 Å². The lowest BCUT2D eigenvalue weighted by Gasteiger charge is -2.35. The number of carbonyl (C=O) groups excluding carboxylic acids is 1. The fraction of sp³-hybridized carbons (Fsp3) is 0.316. The summed E-state index contributed by atoms with van der Waals surface area (Å²) in [7, 11) is 0. The highest BCUT2D eigenvalue weighted by molar-refractivity contribution is 6.03. The maximum absolute atomic E-state index is 13.0. The van der Waals surface area contributed by atoms with Gasteiger partial charge in [0.15, 0.2) is 11.4 Å². The lowest BCUT2D eigenvalue weighted by Crippen LogP contribution is -2.50. The summed E-state index contributed by atoms with van der Waals surface area (Å²) in [6.07, 6.45) is 0. The van der Waals surface area contributed by atoms with Crippen LogP contribution in [0.15, 0.2) is 60.7 Å². The van der Waals surface area contributed by atoms with Crippen molar-refractivity contribution in [2.75, 3.05) is 32.8 Å². The summed E-state index contributed by atoms with van der Waals surface area (Å²) in [6, 6.07) is 18.2. The second-order valence-corrected chi connectivity index (χ2v) is 5.81. The van der Waals surface area contributed by atoms with Crippen LogP contribution in [0.4, 0.5) is 0 Å². The second kappa shape index (κ2) is 7.04. The maximum atomic E-state index is 13.0. The molecule has 0 spiro atoms. The largest absolute Gasteiger partial charge is 0.379 e. The third-order valence-electron chi connectivity index (χ3n) is 4.22. The van der Waals surface area contributed by atoms with Crippen molar-refractivity contribution >= 4 is 5.78 Å². The number of carbonyl (C=O) groups is 1. The number of hydrogen-bond donors (Lipinski definition) is 1. The van der Waals surface area contributed by atoms with Crippen LogP contribution in [0.3, 0.4) is 0 Å². The molecule has 1 heterocycles. The monoisotopic (exact) mass is 311 g/mol. The van der Waals surface area contributed by atoms with Gasteiger partial charge in [0.1, 0.15) is 0 Å². The molecular weight excluding hydrogens is 290 g/mol. The van der Waals surface area contributed by atoms with Gasteiger partial charge in [0.2, 0.25) is 0 Å². The van der Waals surface area contributed by atoms with Crippen LogP contribution in [-0.4, -0.2) is 48.6 Å². The van der Waals surface area contributed by atoms with E-state index in [-0.39, 0.29) is 12.3 Å². The minimum absolute atomic E-state index is 0.268. The van der Waals surface area contributed by atoms with Gasteiger partial charge in [-0.3, -0.25) is 9.69 Å². The Hall–Kier alpha value is -2.01. The first-order valence-corrected chi connectivity index (χ1v) is 7.88. The molecule has 0 bridgehead atoms.